The van der Waals surface area contributed by atoms with Crippen molar-refractivity contribution in [3.63, 3.8) is 0 Å². The molecular formula is C18H16F3N3O5S. The number of halogens is 3. The summed E-state index contributed by atoms with van der Waals surface area (Å²) in [4.78, 5) is 15.1. The number of nitrogens with one attached hydrogen (secondary N) is 1. The molecular weight excluding hydrogens is 427 g/mol. The fourth-order valence-electron chi connectivity index (χ4n) is 2.76. The van der Waals surface area contributed by atoms with Crippen molar-refractivity contribution >= 4 is 32.7 Å². The number of methoxy groups -OCH3 is 2. The highest BCUT2D eigenvalue weighted by atomic mass is 32.2. The fraction of sp³-hybridized carbons (Fsp3) is 0.222. The summed E-state index contributed by atoms with van der Waals surface area (Å²) < 4.78 is 75.1. The highest BCUT2D eigenvalue weighted by Gasteiger charge is 2.39. The monoisotopic (exact) mass is 443 g/mol. The second-order valence-electron chi connectivity index (χ2n) is 6.17. The Kier molecular flexibility index (Phi) is 5.37. The summed E-state index contributed by atoms with van der Waals surface area (Å²) in [6, 6.07) is 4.81. The molecule has 1 amide bonds. The summed E-state index contributed by atoms with van der Waals surface area (Å²) in [6.45, 7) is 1.68. The molecule has 0 bridgehead atoms. The Balaban J connectivity index is 2.12. The second kappa shape index (κ2) is 7.52. The maximum atomic E-state index is 13.2. The number of hydrogen-bond donors (Lipinski definition) is 1. The number of nitrogens with zero attached hydrogens (tertiary/aromatic N) is 2. The number of anilines is 1. The van der Waals surface area contributed by atoms with Crippen molar-refractivity contribution in [3.05, 3.63) is 42.2 Å². The van der Waals surface area contributed by atoms with E-state index in [-0.39, 0.29) is 16.3 Å². The quantitative estimate of drug-likeness (QED) is 0.651. The van der Waals surface area contributed by atoms with Crippen LogP contribution < -0.4 is 14.8 Å². The van der Waals surface area contributed by atoms with Gasteiger partial charge in [-0.2, -0.15) is 13.2 Å². The smallest absolute Gasteiger partial charge is 0.471 e. The number of benzene rings is 1. The van der Waals surface area contributed by atoms with Gasteiger partial charge in [-0.15, -0.1) is 0 Å². The molecule has 0 radical (unpaired) electrons. The first kappa shape index (κ1) is 21.4. The molecule has 30 heavy (non-hydrogen) atoms. The Morgan fingerprint density at radius 2 is 1.87 bits per heavy atom. The van der Waals surface area contributed by atoms with Crippen LogP contribution in [0.4, 0.5) is 18.9 Å². The molecule has 12 heteroatoms. The number of alkyl halides is 3. The van der Waals surface area contributed by atoms with E-state index in [1.165, 1.54) is 26.6 Å². The highest BCUT2D eigenvalue weighted by molar-refractivity contribution is 7.90. The van der Waals surface area contributed by atoms with Gasteiger partial charge in [-0.05, 0) is 36.8 Å². The van der Waals surface area contributed by atoms with Crippen molar-refractivity contribution in [3.8, 4) is 11.5 Å². The highest BCUT2D eigenvalue weighted by Crippen LogP contribution is 2.32. The van der Waals surface area contributed by atoms with E-state index in [2.05, 4.69) is 4.98 Å². The van der Waals surface area contributed by atoms with Crippen molar-refractivity contribution in [2.75, 3.05) is 19.5 Å². The Labute approximate surface area is 169 Å². The number of hydrogen-bond acceptors (Lipinski definition) is 6. The van der Waals surface area contributed by atoms with Crippen LogP contribution in [0.1, 0.15) is 5.56 Å². The van der Waals surface area contributed by atoms with E-state index in [1.807, 2.05) is 0 Å². The van der Waals surface area contributed by atoms with Gasteiger partial charge in [0.25, 0.3) is 10.0 Å². The lowest BCUT2D eigenvalue weighted by Gasteiger charge is -2.14. The number of carbonyl (C=O) groups is 1. The van der Waals surface area contributed by atoms with Gasteiger partial charge in [0.2, 0.25) is 0 Å². The lowest BCUT2D eigenvalue weighted by molar-refractivity contribution is -0.167. The Morgan fingerprint density at radius 1 is 1.17 bits per heavy atom. The minimum Gasteiger partial charge on any atom is -0.495 e. The van der Waals surface area contributed by atoms with E-state index in [0.29, 0.717) is 16.7 Å². The van der Waals surface area contributed by atoms with Crippen LogP contribution in [0.3, 0.4) is 0 Å². The van der Waals surface area contributed by atoms with Gasteiger partial charge in [-0.3, -0.25) is 4.79 Å². The zero-order chi connectivity index (χ0) is 22.3. The molecule has 2 aromatic heterocycles. The maximum Gasteiger partial charge on any atom is 0.471 e. The predicted molar refractivity (Wildman–Crippen MR) is 101 cm³/mol. The van der Waals surface area contributed by atoms with E-state index >= 15 is 0 Å². The number of amides is 1. The van der Waals surface area contributed by atoms with Gasteiger partial charge >= 0.3 is 12.1 Å². The van der Waals surface area contributed by atoms with Crippen molar-refractivity contribution in [2.24, 2.45) is 0 Å². The van der Waals surface area contributed by atoms with Gasteiger partial charge in [-0.1, -0.05) is 0 Å². The van der Waals surface area contributed by atoms with E-state index in [1.54, 1.807) is 18.3 Å². The third kappa shape index (κ3) is 3.77. The minimum absolute atomic E-state index is 0.116. The molecule has 0 fully saturated rings. The van der Waals surface area contributed by atoms with Crippen LogP contribution in [-0.2, 0) is 14.8 Å². The van der Waals surface area contributed by atoms with Crippen molar-refractivity contribution in [1.82, 2.24) is 8.96 Å². The molecule has 0 aliphatic heterocycles. The SMILES string of the molecule is COc1cnc2c(c1)c(C)cn2S(=O)(=O)c1ccc(OC)c(NC(=O)C(F)(F)F)c1. The first-order chi connectivity index (χ1) is 14.0. The van der Waals surface area contributed by atoms with Crippen molar-refractivity contribution in [2.45, 2.75) is 18.0 Å². The number of aromatic nitrogens is 2. The van der Waals surface area contributed by atoms with Gasteiger partial charge < -0.3 is 14.8 Å². The van der Waals surface area contributed by atoms with Crippen molar-refractivity contribution in [1.29, 1.82) is 0 Å². The van der Waals surface area contributed by atoms with E-state index in [4.69, 9.17) is 9.47 Å². The van der Waals surface area contributed by atoms with E-state index in [9.17, 15) is 26.4 Å². The zero-order valence-electron chi connectivity index (χ0n) is 15.9. The van der Waals surface area contributed by atoms with Gasteiger partial charge in [0.15, 0.2) is 5.65 Å². The molecule has 0 aliphatic carbocycles. The number of ether oxygens (including phenoxy) is 2. The number of carbonyl (C=O) groups excluding carboxylic acids is 1. The van der Waals surface area contributed by atoms with Crippen molar-refractivity contribution < 1.29 is 35.9 Å². The molecule has 3 rings (SSSR count). The topological polar surface area (TPSA) is 99.5 Å². The Morgan fingerprint density at radius 3 is 2.47 bits per heavy atom. The van der Waals surface area contributed by atoms with Crippen LogP contribution in [0.15, 0.2) is 41.6 Å². The summed E-state index contributed by atoms with van der Waals surface area (Å²) >= 11 is 0. The van der Waals surface area contributed by atoms with Gasteiger partial charge in [0.05, 0.1) is 31.0 Å². The van der Waals surface area contributed by atoms with Gasteiger partial charge in [-0.25, -0.2) is 17.4 Å². The van der Waals surface area contributed by atoms with Gasteiger partial charge in [0.1, 0.15) is 11.5 Å². The Bertz CT molecular complexity index is 1240. The molecule has 2 heterocycles. The van der Waals surface area contributed by atoms with Crippen LogP contribution in [0.5, 0.6) is 11.5 Å². The lowest BCUT2D eigenvalue weighted by Crippen LogP contribution is -2.30. The minimum atomic E-state index is -5.16. The molecule has 3 aromatic rings. The Hall–Kier alpha value is -3.28. The number of rotatable bonds is 5. The summed E-state index contributed by atoms with van der Waals surface area (Å²) in [6.07, 6.45) is -2.47. The van der Waals surface area contributed by atoms with E-state index < -0.39 is 27.8 Å². The molecule has 0 aliphatic rings. The summed E-state index contributed by atoms with van der Waals surface area (Å²) in [7, 11) is -1.64. The first-order valence-corrected chi connectivity index (χ1v) is 9.76. The van der Waals surface area contributed by atoms with Crippen LogP contribution >= 0.6 is 0 Å². The molecule has 160 valence electrons. The molecule has 0 atom stereocenters. The third-order valence-corrected chi connectivity index (χ3v) is 5.90. The molecule has 1 aromatic carbocycles. The molecule has 0 spiro atoms. The first-order valence-electron chi connectivity index (χ1n) is 8.32. The normalized spacial score (nSPS) is 12.1. The lowest BCUT2D eigenvalue weighted by atomic mass is 10.2. The van der Waals surface area contributed by atoms with Crippen LogP contribution in [-0.4, -0.2) is 43.7 Å². The predicted octanol–water partition coefficient (Wildman–Crippen LogP) is 3.10. The van der Waals surface area contributed by atoms with E-state index in [0.717, 1.165) is 22.2 Å². The van der Waals surface area contributed by atoms with Crippen LogP contribution in [0.25, 0.3) is 11.0 Å². The fourth-order valence-corrected chi connectivity index (χ4v) is 4.16. The molecule has 0 saturated heterocycles. The maximum absolute atomic E-state index is 13.2. The third-order valence-electron chi connectivity index (χ3n) is 4.26. The number of fused-ring (bicyclic) bond motifs is 1. The summed E-state index contributed by atoms with van der Waals surface area (Å²) in [5, 5.41) is 2.15. The average molecular weight is 443 g/mol. The summed E-state index contributed by atoms with van der Waals surface area (Å²) in [5.74, 6) is -1.96. The second-order valence-corrected chi connectivity index (χ2v) is 7.99. The van der Waals surface area contributed by atoms with Gasteiger partial charge in [0, 0.05) is 11.6 Å². The van der Waals surface area contributed by atoms with Crippen LogP contribution in [0.2, 0.25) is 0 Å². The largest absolute Gasteiger partial charge is 0.495 e. The molecule has 8 nitrogen and oxygen atoms in total. The number of pyridine rings is 1. The zero-order valence-corrected chi connectivity index (χ0v) is 16.8. The number of aryl methyl sites for hydroxylation is 1. The molecule has 0 saturated carbocycles. The average Bonchev–Trinajstić information content (AvgIpc) is 3.03. The summed E-state index contributed by atoms with van der Waals surface area (Å²) in [5.41, 5.74) is 0.271. The molecule has 0 unspecified atom stereocenters. The molecule has 1 N–H and O–H groups in total. The van der Waals surface area contributed by atoms with Crippen LogP contribution in [0, 0.1) is 6.92 Å². The standard InChI is InChI=1S/C18H16F3N3O5S/c1-10-9-24(16-13(10)6-11(28-2)8-22-16)30(26,27)12-4-5-15(29-3)14(7-12)23-17(25)18(19,20)21/h4-9H,1-3H3,(H,23,25).